The Morgan fingerprint density at radius 1 is 1.00 bits per heavy atom. The number of phenols is 1. The smallest absolute Gasteiger partial charge is 0.342 e. The van der Waals surface area contributed by atoms with Crippen molar-refractivity contribution in [2.75, 3.05) is 7.11 Å². The number of hydrogen-bond donors (Lipinski definition) is 2. The van der Waals surface area contributed by atoms with Crippen molar-refractivity contribution in [1.29, 1.82) is 0 Å². The lowest BCUT2D eigenvalue weighted by molar-refractivity contribution is 0.0361. The molecule has 1 heterocycles. The summed E-state index contributed by atoms with van der Waals surface area (Å²) < 4.78 is 10.7. The van der Waals surface area contributed by atoms with E-state index in [2.05, 4.69) is 0 Å². The topological polar surface area (TPSA) is 76.0 Å². The third-order valence-electron chi connectivity index (χ3n) is 5.48. The maximum Gasteiger partial charge on any atom is 0.342 e. The number of carbonyl (C=O) groups excluding carboxylic acids is 1. The Hall–Kier alpha value is -1.75. The molecule has 1 aliphatic heterocycles. The maximum absolute atomic E-state index is 12.1. The Labute approximate surface area is 169 Å². The number of aromatic hydroxyl groups is 1. The predicted octanol–water partition coefficient (Wildman–Crippen LogP) is 5.67. The minimum Gasteiger partial charge on any atom is -0.508 e. The van der Waals surface area contributed by atoms with Gasteiger partial charge in [-0.2, -0.15) is 0 Å². The molecule has 0 spiro atoms. The summed E-state index contributed by atoms with van der Waals surface area (Å²) in [6, 6.07) is 3.07. The zero-order valence-corrected chi connectivity index (χ0v) is 17.4. The highest BCUT2D eigenvalue weighted by Crippen LogP contribution is 2.41. The van der Waals surface area contributed by atoms with Crippen molar-refractivity contribution in [1.82, 2.24) is 0 Å². The van der Waals surface area contributed by atoms with E-state index in [9.17, 15) is 15.0 Å². The van der Waals surface area contributed by atoms with Gasteiger partial charge in [0.25, 0.3) is 0 Å². The van der Waals surface area contributed by atoms with Crippen molar-refractivity contribution in [2.45, 2.75) is 96.2 Å². The Morgan fingerprint density at radius 2 is 1.57 bits per heavy atom. The molecule has 1 aliphatic rings. The van der Waals surface area contributed by atoms with Crippen molar-refractivity contribution in [3.05, 3.63) is 23.3 Å². The minimum atomic E-state index is -0.356. The van der Waals surface area contributed by atoms with Gasteiger partial charge in [-0.25, -0.2) is 4.79 Å². The number of benzene rings is 1. The summed E-state index contributed by atoms with van der Waals surface area (Å²) in [7, 11) is 1.49. The van der Waals surface area contributed by atoms with Crippen molar-refractivity contribution >= 4 is 5.97 Å². The average Bonchev–Trinajstić information content (AvgIpc) is 2.97. The zero-order valence-electron chi connectivity index (χ0n) is 17.4. The number of hydrogen-bond acceptors (Lipinski definition) is 5. The van der Waals surface area contributed by atoms with Crippen LogP contribution in [0, 0.1) is 0 Å². The number of aliphatic hydroxyl groups excluding tert-OH is 1. The van der Waals surface area contributed by atoms with Gasteiger partial charge in [0.1, 0.15) is 23.2 Å². The molecule has 0 amide bonds. The maximum atomic E-state index is 12.1. The molecule has 2 N–H and O–H groups in total. The number of carbonyl (C=O) groups is 1. The van der Waals surface area contributed by atoms with E-state index in [-0.39, 0.29) is 23.9 Å². The van der Waals surface area contributed by atoms with Crippen LogP contribution in [-0.4, -0.2) is 29.4 Å². The fourth-order valence-electron chi connectivity index (χ4n) is 3.91. The second-order valence-electron chi connectivity index (χ2n) is 7.97. The molecule has 1 aromatic carbocycles. The summed E-state index contributed by atoms with van der Waals surface area (Å²) in [6.07, 6.45) is 13.4. The number of rotatable bonds is 14. The number of ether oxygens (including phenoxy) is 2. The molecule has 0 fully saturated rings. The highest BCUT2D eigenvalue weighted by atomic mass is 16.6. The van der Waals surface area contributed by atoms with Crippen LogP contribution in [-0.2, 0) is 4.74 Å². The van der Waals surface area contributed by atoms with Gasteiger partial charge in [0, 0.05) is 11.6 Å². The Kier molecular flexibility index (Phi) is 9.62. The van der Waals surface area contributed by atoms with Crippen molar-refractivity contribution < 1.29 is 24.5 Å². The van der Waals surface area contributed by atoms with E-state index >= 15 is 0 Å². The number of fused-ring (bicyclic) bond motifs is 1. The molecule has 0 aromatic heterocycles. The lowest BCUT2D eigenvalue weighted by atomic mass is 9.98. The fraction of sp³-hybridized carbons (Fsp3) is 0.696. The van der Waals surface area contributed by atoms with Crippen LogP contribution < -0.4 is 4.74 Å². The van der Waals surface area contributed by atoms with Crippen LogP contribution in [0.4, 0.5) is 0 Å². The SMILES string of the molecule is COc1cc(O)cc2c1C(=O)O[C@@H]2CCCCCCCCCCCC[C@@H](C)O. The van der Waals surface area contributed by atoms with Gasteiger partial charge in [-0.05, 0) is 32.3 Å². The van der Waals surface area contributed by atoms with Crippen LogP contribution in [0.5, 0.6) is 11.5 Å². The molecule has 0 aliphatic carbocycles. The molecule has 2 atom stereocenters. The van der Waals surface area contributed by atoms with E-state index in [1.807, 2.05) is 6.92 Å². The molecule has 5 heteroatoms. The molecular weight excluding hydrogens is 356 g/mol. The number of methoxy groups -OCH3 is 1. The molecule has 0 radical (unpaired) electrons. The van der Waals surface area contributed by atoms with E-state index in [1.165, 1.54) is 58.1 Å². The second kappa shape index (κ2) is 11.9. The molecular formula is C23H36O5. The molecule has 5 nitrogen and oxygen atoms in total. The summed E-state index contributed by atoms with van der Waals surface area (Å²) in [5, 5.41) is 19.1. The van der Waals surface area contributed by atoms with Gasteiger partial charge in [-0.3, -0.25) is 0 Å². The van der Waals surface area contributed by atoms with Crippen molar-refractivity contribution in [3.8, 4) is 11.5 Å². The summed E-state index contributed by atoms with van der Waals surface area (Å²) in [5.74, 6) is 0.128. The first-order chi connectivity index (χ1) is 13.5. The van der Waals surface area contributed by atoms with Crippen LogP contribution >= 0.6 is 0 Å². The Bertz CT molecular complexity index is 611. The molecule has 0 saturated heterocycles. The van der Waals surface area contributed by atoms with Gasteiger partial charge in [0.05, 0.1) is 13.2 Å². The van der Waals surface area contributed by atoms with Crippen LogP contribution in [0.15, 0.2) is 12.1 Å². The molecule has 0 bridgehead atoms. The van der Waals surface area contributed by atoms with Crippen molar-refractivity contribution in [3.63, 3.8) is 0 Å². The third kappa shape index (κ3) is 7.01. The lowest BCUT2D eigenvalue weighted by Gasteiger charge is -2.11. The number of unbranched alkanes of at least 4 members (excludes halogenated alkanes) is 9. The quantitative estimate of drug-likeness (QED) is 0.315. The summed E-state index contributed by atoms with van der Waals surface area (Å²) >= 11 is 0. The largest absolute Gasteiger partial charge is 0.508 e. The van der Waals surface area contributed by atoms with Gasteiger partial charge in [-0.15, -0.1) is 0 Å². The van der Waals surface area contributed by atoms with Crippen LogP contribution in [0.2, 0.25) is 0 Å². The summed E-state index contributed by atoms with van der Waals surface area (Å²) in [4.78, 5) is 12.1. The highest BCUT2D eigenvalue weighted by molar-refractivity contribution is 5.97. The van der Waals surface area contributed by atoms with Gasteiger partial charge < -0.3 is 19.7 Å². The molecule has 158 valence electrons. The van der Waals surface area contributed by atoms with E-state index in [0.29, 0.717) is 11.3 Å². The minimum absolute atomic E-state index is 0.102. The standard InChI is InChI=1S/C23H36O5/c1-17(24)13-11-9-7-5-3-4-6-8-10-12-14-20-19-15-18(25)16-21(27-2)22(19)23(26)28-20/h15-17,20,24-25H,3-14H2,1-2H3/t17-,20-/m1/s1. The third-order valence-corrected chi connectivity index (χ3v) is 5.48. The molecule has 1 aromatic rings. The van der Waals surface area contributed by atoms with Gasteiger partial charge >= 0.3 is 5.97 Å². The van der Waals surface area contributed by atoms with Gasteiger partial charge in [0.2, 0.25) is 0 Å². The van der Waals surface area contributed by atoms with Crippen LogP contribution in [0.3, 0.4) is 0 Å². The first-order valence-electron chi connectivity index (χ1n) is 10.8. The number of phenolic OH excluding ortho intramolecular Hbond substituents is 1. The van der Waals surface area contributed by atoms with E-state index in [1.54, 1.807) is 6.07 Å². The Morgan fingerprint density at radius 3 is 2.14 bits per heavy atom. The van der Waals surface area contributed by atoms with Crippen LogP contribution in [0.25, 0.3) is 0 Å². The normalized spacial score (nSPS) is 16.7. The van der Waals surface area contributed by atoms with E-state index < -0.39 is 0 Å². The lowest BCUT2D eigenvalue weighted by Crippen LogP contribution is -1.99. The first-order valence-corrected chi connectivity index (χ1v) is 10.8. The predicted molar refractivity (Wildman–Crippen MR) is 110 cm³/mol. The average molecular weight is 393 g/mol. The number of cyclic esters (lactones) is 1. The second-order valence-corrected chi connectivity index (χ2v) is 7.97. The number of esters is 1. The van der Waals surface area contributed by atoms with E-state index in [0.717, 1.165) is 37.7 Å². The van der Waals surface area contributed by atoms with Gasteiger partial charge in [-0.1, -0.05) is 57.8 Å². The molecule has 28 heavy (non-hydrogen) atoms. The first kappa shape index (κ1) is 22.5. The van der Waals surface area contributed by atoms with Gasteiger partial charge in [0.15, 0.2) is 0 Å². The summed E-state index contributed by atoms with van der Waals surface area (Å²) in [5.41, 5.74) is 1.20. The summed E-state index contributed by atoms with van der Waals surface area (Å²) in [6.45, 7) is 1.86. The molecule has 2 rings (SSSR count). The zero-order chi connectivity index (χ0) is 20.4. The monoisotopic (exact) mass is 392 g/mol. The van der Waals surface area contributed by atoms with Crippen molar-refractivity contribution in [2.24, 2.45) is 0 Å². The van der Waals surface area contributed by atoms with E-state index in [4.69, 9.17) is 9.47 Å². The molecule has 0 saturated carbocycles. The fourth-order valence-corrected chi connectivity index (χ4v) is 3.91. The Balaban J connectivity index is 1.56. The molecule has 0 unspecified atom stereocenters. The highest BCUT2D eigenvalue weighted by Gasteiger charge is 2.34. The van der Waals surface area contributed by atoms with Crippen LogP contribution in [0.1, 0.15) is 106 Å². The number of aliphatic hydroxyl groups is 1.